The Morgan fingerprint density at radius 3 is 2.45 bits per heavy atom. The maximum Gasteiger partial charge on any atom is 0.252 e. The van der Waals surface area contributed by atoms with Crippen LogP contribution in [0.2, 0.25) is 0 Å². The van der Waals surface area contributed by atoms with E-state index in [2.05, 4.69) is 0 Å². The van der Waals surface area contributed by atoms with Gasteiger partial charge < -0.3 is 0 Å². The van der Waals surface area contributed by atoms with Gasteiger partial charge in [0.25, 0.3) is 10.0 Å². The molecule has 2 aromatic heterocycles. The van der Waals surface area contributed by atoms with Crippen LogP contribution in [0, 0.1) is 0 Å². The Morgan fingerprint density at radius 2 is 1.82 bits per heavy atom. The van der Waals surface area contributed by atoms with Crippen molar-refractivity contribution in [1.82, 2.24) is 4.31 Å². The Morgan fingerprint density at radius 1 is 1.09 bits per heavy atom. The van der Waals surface area contributed by atoms with E-state index in [1.807, 2.05) is 11.4 Å². The zero-order valence-electron chi connectivity index (χ0n) is 11.6. The van der Waals surface area contributed by atoms with E-state index in [-0.39, 0.29) is 23.1 Å². The molecule has 1 aliphatic rings. The van der Waals surface area contributed by atoms with Gasteiger partial charge in [-0.1, -0.05) is 12.1 Å². The highest BCUT2D eigenvalue weighted by molar-refractivity contribution is 7.92. The molecule has 0 aliphatic carbocycles. The van der Waals surface area contributed by atoms with Gasteiger partial charge in [0.2, 0.25) is 0 Å². The SMILES string of the molecule is O=S1(=O)CCN(S(=O)(=O)c2cccs2)CCC1c1cccs1. The quantitative estimate of drug-likeness (QED) is 0.823. The van der Waals surface area contributed by atoms with E-state index in [4.69, 9.17) is 0 Å². The second-order valence-electron chi connectivity index (χ2n) is 5.00. The third-order valence-corrected chi connectivity index (χ3v) is 10.2. The number of rotatable bonds is 3. The van der Waals surface area contributed by atoms with E-state index in [0.717, 1.165) is 16.2 Å². The lowest BCUT2D eigenvalue weighted by atomic mass is 10.2. The van der Waals surface area contributed by atoms with Crippen LogP contribution in [0.25, 0.3) is 0 Å². The zero-order valence-corrected chi connectivity index (χ0v) is 14.8. The van der Waals surface area contributed by atoms with Crippen LogP contribution < -0.4 is 0 Å². The van der Waals surface area contributed by atoms with Gasteiger partial charge in [0.15, 0.2) is 9.84 Å². The Labute approximate surface area is 138 Å². The molecule has 3 rings (SSSR count). The molecule has 0 spiro atoms. The van der Waals surface area contributed by atoms with Gasteiger partial charge in [0, 0.05) is 18.0 Å². The lowest BCUT2D eigenvalue weighted by molar-refractivity contribution is 0.430. The molecule has 1 aliphatic heterocycles. The third kappa shape index (κ3) is 3.00. The van der Waals surface area contributed by atoms with Crippen molar-refractivity contribution in [2.24, 2.45) is 0 Å². The summed E-state index contributed by atoms with van der Waals surface area (Å²) in [4.78, 5) is 0.787. The van der Waals surface area contributed by atoms with Gasteiger partial charge in [-0.05, 0) is 29.3 Å². The first-order chi connectivity index (χ1) is 10.4. The van der Waals surface area contributed by atoms with Gasteiger partial charge in [-0.15, -0.1) is 22.7 Å². The van der Waals surface area contributed by atoms with E-state index in [1.54, 1.807) is 23.6 Å². The Kier molecular flexibility index (Phi) is 4.43. The number of sulfone groups is 1. The van der Waals surface area contributed by atoms with E-state index in [9.17, 15) is 16.8 Å². The lowest BCUT2D eigenvalue weighted by Crippen LogP contribution is -2.33. The Bertz CT molecular complexity index is 823. The molecule has 1 fully saturated rings. The van der Waals surface area contributed by atoms with Crippen molar-refractivity contribution in [1.29, 1.82) is 0 Å². The molecule has 0 N–H and O–H groups in total. The van der Waals surface area contributed by atoms with Crippen LogP contribution >= 0.6 is 22.7 Å². The minimum Gasteiger partial charge on any atom is -0.228 e. The van der Waals surface area contributed by atoms with Crippen LogP contribution in [-0.2, 0) is 19.9 Å². The molecule has 0 radical (unpaired) electrons. The molecule has 1 saturated heterocycles. The predicted octanol–water partition coefficient (Wildman–Crippen LogP) is 2.36. The number of thiophene rings is 2. The van der Waals surface area contributed by atoms with Crippen molar-refractivity contribution < 1.29 is 16.8 Å². The zero-order chi connectivity index (χ0) is 15.8. The van der Waals surface area contributed by atoms with Gasteiger partial charge in [0.05, 0.1) is 11.0 Å². The lowest BCUT2D eigenvalue weighted by Gasteiger charge is -2.18. The fourth-order valence-corrected chi connectivity index (χ4v) is 8.22. The van der Waals surface area contributed by atoms with Crippen molar-refractivity contribution >= 4 is 42.5 Å². The molecule has 5 nitrogen and oxygen atoms in total. The molecule has 120 valence electrons. The average molecular weight is 378 g/mol. The van der Waals surface area contributed by atoms with Crippen molar-refractivity contribution in [3.8, 4) is 0 Å². The fourth-order valence-electron chi connectivity index (χ4n) is 2.50. The summed E-state index contributed by atoms with van der Waals surface area (Å²) in [5.41, 5.74) is 0. The standard InChI is InChI=1S/C13H15NO4S4/c15-21(16)10-7-14(22(17,18)13-4-2-9-20-13)6-5-12(21)11-3-1-8-19-11/h1-4,8-9,12H,5-7,10H2. The number of nitrogens with zero attached hydrogens (tertiary/aromatic N) is 1. The van der Waals surface area contributed by atoms with Crippen molar-refractivity contribution in [2.45, 2.75) is 15.9 Å². The number of sulfonamides is 1. The van der Waals surface area contributed by atoms with E-state index < -0.39 is 25.1 Å². The molecule has 2 aromatic rings. The summed E-state index contributed by atoms with van der Waals surface area (Å²) in [6.07, 6.45) is 0.299. The second-order valence-corrected chi connectivity index (χ2v) is 11.4. The second kappa shape index (κ2) is 6.04. The molecule has 0 amide bonds. The number of hydrogen-bond acceptors (Lipinski definition) is 6. The van der Waals surface area contributed by atoms with E-state index >= 15 is 0 Å². The maximum absolute atomic E-state index is 12.5. The van der Waals surface area contributed by atoms with Gasteiger partial charge in [-0.3, -0.25) is 0 Å². The number of hydrogen-bond donors (Lipinski definition) is 0. The van der Waals surface area contributed by atoms with Crippen LogP contribution in [0.4, 0.5) is 0 Å². The summed E-state index contributed by atoms with van der Waals surface area (Å²) in [6.45, 7) is 0.243. The molecular weight excluding hydrogens is 362 g/mol. The summed E-state index contributed by atoms with van der Waals surface area (Å²) in [5.74, 6) is -0.139. The van der Waals surface area contributed by atoms with E-state index in [1.165, 1.54) is 15.6 Å². The van der Waals surface area contributed by atoms with Gasteiger partial charge in [0.1, 0.15) is 4.21 Å². The predicted molar refractivity (Wildman–Crippen MR) is 88.5 cm³/mol. The minimum absolute atomic E-state index is 0.0183. The smallest absolute Gasteiger partial charge is 0.228 e. The largest absolute Gasteiger partial charge is 0.252 e. The highest BCUT2D eigenvalue weighted by Gasteiger charge is 2.36. The fraction of sp³-hybridized carbons (Fsp3) is 0.385. The van der Waals surface area contributed by atoms with E-state index in [0.29, 0.717) is 6.42 Å². The molecule has 0 aromatic carbocycles. The minimum atomic E-state index is -3.59. The molecule has 3 heterocycles. The molecule has 1 atom stereocenters. The van der Waals surface area contributed by atoms with Crippen molar-refractivity contribution in [3.05, 3.63) is 39.9 Å². The topological polar surface area (TPSA) is 71.5 Å². The molecule has 22 heavy (non-hydrogen) atoms. The van der Waals surface area contributed by atoms with Crippen LogP contribution in [0.1, 0.15) is 16.5 Å². The Balaban J connectivity index is 1.89. The average Bonchev–Trinajstić information content (AvgIpc) is 3.12. The van der Waals surface area contributed by atoms with Crippen molar-refractivity contribution in [3.63, 3.8) is 0 Å². The highest BCUT2D eigenvalue weighted by Crippen LogP contribution is 2.34. The molecule has 9 heteroatoms. The molecule has 0 saturated carbocycles. The summed E-state index contributed by atoms with van der Waals surface area (Å²) >= 11 is 2.55. The molecule has 1 unspecified atom stereocenters. The first-order valence-corrected chi connectivity index (χ1v) is 11.6. The molecule has 0 bridgehead atoms. The van der Waals surface area contributed by atoms with Gasteiger partial charge >= 0.3 is 0 Å². The maximum atomic E-state index is 12.5. The monoisotopic (exact) mass is 377 g/mol. The summed E-state index contributed by atoms with van der Waals surface area (Å²) < 4.78 is 51.6. The normalized spacial score (nSPS) is 23.2. The summed E-state index contributed by atoms with van der Waals surface area (Å²) in [7, 11) is -6.93. The van der Waals surface area contributed by atoms with Crippen LogP contribution in [0.5, 0.6) is 0 Å². The van der Waals surface area contributed by atoms with Gasteiger partial charge in [-0.25, -0.2) is 16.8 Å². The summed E-state index contributed by atoms with van der Waals surface area (Å²) in [5, 5.41) is 2.95. The highest BCUT2D eigenvalue weighted by atomic mass is 32.2. The first-order valence-electron chi connectivity index (χ1n) is 6.70. The van der Waals surface area contributed by atoms with Crippen LogP contribution in [-0.4, -0.2) is 40.0 Å². The Hall–Kier alpha value is -0.740. The summed E-state index contributed by atoms with van der Waals surface area (Å²) in [6, 6.07) is 6.85. The van der Waals surface area contributed by atoms with Crippen LogP contribution in [0.15, 0.2) is 39.2 Å². The molecular formula is C13H15NO4S4. The first kappa shape index (κ1) is 16.1. The van der Waals surface area contributed by atoms with Crippen molar-refractivity contribution in [2.75, 3.05) is 18.8 Å². The third-order valence-electron chi connectivity index (χ3n) is 3.65. The van der Waals surface area contributed by atoms with Gasteiger partial charge in [-0.2, -0.15) is 4.31 Å². The van der Waals surface area contributed by atoms with Crippen LogP contribution in [0.3, 0.4) is 0 Å².